The van der Waals surface area contributed by atoms with E-state index in [0.29, 0.717) is 11.8 Å². The van der Waals surface area contributed by atoms with Crippen LogP contribution in [0.25, 0.3) is 0 Å². The molecule has 2 saturated carbocycles. The van der Waals surface area contributed by atoms with E-state index in [1.807, 2.05) is 0 Å². The fraction of sp³-hybridized carbons (Fsp3) is 0.933. The van der Waals surface area contributed by atoms with Gasteiger partial charge in [0.05, 0.1) is 5.92 Å². The summed E-state index contributed by atoms with van der Waals surface area (Å²) < 4.78 is 0. The SMILES string of the molecule is CCCC[C@@H]1CC[C@@H]2CCCC[C@H]2[C@@H]1C(=O)O. The van der Waals surface area contributed by atoms with Gasteiger partial charge in [0.1, 0.15) is 0 Å². The van der Waals surface area contributed by atoms with Crippen LogP contribution in [0.4, 0.5) is 0 Å². The van der Waals surface area contributed by atoms with Gasteiger partial charge in [-0.15, -0.1) is 0 Å². The van der Waals surface area contributed by atoms with E-state index < -0.39 is 5.97 Å². The van der Waals surface area contributed by atoms with E-state index in [4.69, 9.17) is 0 Å². The Balaban J connectivity index is 2.05. The summed E-state index contributed by atoms with van der Waals surface area (Å²) in [6.07, 6.45) is 11.0. The van der Waals surface area contributed by atoms with E-state index in [9.17, 15) is 9.90 Å². The second-order valence-corrected chi connectivity index (χ2v) is 6.05. The Hall–Kier alpha value is -0.530. The van der Waals surface area contributed by atoms with E-state index in [1.165, 1.54) is 44.9 Å². The zero-order chi connectivity index (χ0) is 12.3. The Kier molecular flexibility index (Phi) is 4.47. The molecule has 0 unspecified atom stereocenters. The first-order chi connectivity index (χ1) is 8.24. The summed E-state index contributed by atoms with van der Waals surface area (Å²) in [5.41, 5.74) is 0. The van der Waals surface area contributed by atoms with Crippen molar-refractivity contribution in [3.63, 3.8) is 0 Å². The van der Waals surface area contributed by atoms with Crippen LogP contribution < -0.4 is 0 Å². The van der Waals surface area contributed by atoms with Gasteiger partial charge in [0.25, 0.3) is 0 Å². The average molecular weight is 238 g/mol. The van der Waals surface area contributed by atoms with Gasteiger partial charge in [0.2, 0.25) is 0 Å². The largest absolute Gasteiger partial charge is 0.481 e. The number of carbonyl (C=O) groups is 1. The molecule has 2 heteroatoms. The van der Waals surface area contributed by atoms with Crippen molar-refractivity contribution < 1.29 is 9.90 Å². The molecule has 0 amide bonds. The fourth-order valence-corrected chi connectivity index (χ4v) is 4.20. The summed E-state index contributed by atoms with van der Waals surface area (Å²) >= 11 is 0. The van der Waals surface area contributed by atoms with Crippen LogP contribution in [0.1, 0.15) is 64.7 Å². The van der Waals surface area contributed by atoms with Crippen LogP contribution in [-0.4, -0.2) is 11.1 Å². The third-order valence-corrected chi connectivity index (χ3v) is 5.06. The lowest BCUT2D eigenvalue weighted by Gasteiger charge is -2.44. The molecule has 1 N–H and O–H groups in total. The van der Waals surface area contributed by atoms with Crippen LogP contribution in [-0.2, 0) is 4.79 Å². The smallest absolute Gasteiger partial charge is 0.307 e. The summed E-state index contributed by atoms with van der Waals surface area (Å²) in [4.78, 5) is 11.6. The number of carboxylic acids is 1. The normalized spacial score (nSPS) is 37.5. The molecular formula is C15H26O2. The van der Waals surface area contributed by atoms with Gasteiger partial charge in [-0.05, 0) is 43.4 Å². The Morgan fingerprint density at radius 1 is 1.18 bits per heavy atom. The Morgan fingerprint density at radius 3 is 2.65 bits per heavy atom. The highest BCUT2D eigenvalue weighted by molar-refractivity contribution is 5.71. The number of rotatable bonds is 4. The quantitative estimate of drug-likeness (QED) is 0.800. The molecule has 0 aliphatic heterocycles. The van der Waals surface area contributed by atoms with Gasteiger partial charge >= 0.3 is 5.97 Å². The maximum atomic E-state index is 11.6. The lowest BCUT2D eigenvalue weighted by Crippen LogP contribution is -2.41. The lowest BCUT2D eigenvalue weighted by atomic mass is 9.60. The van der Waals surface area contributed by atoms with E-state index in [1.54, 1.807) is 0 Å². The molecule has 0 bridgehead atoms. The van der Waals surface area contributed by atoms with Gasteiger partial charge in [-0.1, -0.05) is 39.0 Å². The van der Waals surface area contributed by atoms with Gasteiger partial charge in [0, 0.05) is 0 Å². The number of hydrogen-bond donors (Lipinski definition) is 1. The van der Waals surface area contributed by atoms with Gasteiger partial charge < -0.3 is 5.11 Å². The van der Waals surface area contributed by atoms with Crippen molar-refractivity contribution in [3.05, 3.63) is 0 Å². The minimum atomic E-state index is -0.511. The molecule has 2 nitrogen and oxygen atoms in total. The van der Waals surface area contributed by atoms with Crippen molar-refractivity contribution in [3.8, 4) is 0 Å². The van der Waals surface area contributed by atoms with Crippen molar-refractivity contribution in [2.75, 3.05) is 0 Å². The van der Waals surface area contributed by atoms with Crippen molar-refractivity contribution >= 4 is 5.97 Å². The maximum absolute atomic E-state index is 11.6. The first kappa shape index (κ1) is 12.9. The van der Waals surface area contributed by atoms with Crippen molar-refractivity contribution in [2.45, 2.75) is 64.7 Å². The van der Waals surface area contributed by atoms with Gasteiger partial charge in [0.15, 0.2) is 0 Å². The molecule has 2 aliphatic rings. The molecule has 2 rings (SSSR count). The average Bonchev–Trinajstić information content (AvgIpc) is 2.35. The third-order valence-electron chi connectivity index (χ3n) is 5.06. The Labute approximate surface area is 105 Å². The standard InChI is InChI=1S/C15H26O2/c1-2-3-6-12-10-9-11-7-4-5-8-13(11)14(12)15(16)17/h11-14H,2-10H2,1H3,(H,16,17)/t11-,12+,13+,14+/m0/s1. The lowest BCUT2D eigenvalue weighted by molar-refractivity contribution is -0.150. The number of fused-ring (bicyclic) bond motifs is 1. The van der Waals surface area contributed by atoms with E-state index in [-0.39, 0.29) is 5.92 Å². The zero-order valence-electron chi connectivity index (χ0n) is 11.0. The molecule has 98 valence electrons. The summed E-state index contributed by atoms with van der Waals surface area (Å²) in [5.74, 6) is 1.15. The second-order valence-electron chi connectivity index (χ2n) is 6.05. The molecule has 0 aromatic carbocycles. The van der Waals surface area contributed by atoms with Crippen molar-refractivity contribution in [1.82, 2.24) is 0 Å². The Morgan fingerprint density at radius 2 is 1.94 bits per heavy atom. The van der Waals surface area contributed by atoms with Crippen LogP contribution in [0, 0.1) is 23.7 Å². The van der Waals surface area contributed by atoms with Crippen molar-refractivity contribution in [1.29, 1.82) is 0 Å². The molecule has 0 aromatic rings. The zero-order valence-corrected chi connectivity index (χ0v) is 11.0. The number of unbranched alkanes of at least 4 members (excludes halogenated alkanes) is 1. The van der Waals surface area contributed by atoms with Gasteiger partial charge in [-0.25, -0.2) is 0 Å². The molecule has 0 aromatic heterocycles. The minimum absolute atomic E-state index is 0.0272. The monoisotopic (exact) mass is 238 g/mol. The predicted molar refractivity (Wildman–Crippen MR) is 68.8 cm³/mol. The molecule has 0 saturated heterocycles. The van der Waals surface area contributed by atoms with Crippen LogP contribution in [0.3, 0.4) is 0 Å². The van der Waals surface area contributed by atoms with Crippen LogP contribution >= 0.6 is 0 Å². The minimum Gasteiger partial charge on any atom is -0.481 e. The highest BCUT2D eigenvalue weighted by atomic mass is 16.4. The van der Waals surface area contributed by atoms with Crippen LogP contribution in [0.15, 0.2) is 0 Å². The molecule has 0 radical (unpaired) electrons. The number of hydrogen-bond acceptors (Lipinski definition) is 1. The molecule has 0 spiro atoms. The molecule has 4 atom stereocenters. The highest BCUT2D eigenvalue weighted by Gasteiger charge is 2.43. The summed E-state index contributed by atoms with van der Waals surface area (Å²) in [5, 5.41) is 9.55. The molecule has 2 fully saturated rings. The highest BCUT2D eigenvalue weighted by Crippen LogP contribution is 2.47. The van der Waals surface area contributed by atoms with Crippen molar-refractivity contribution in [2.24, 2.45) is 23.7 Å². The van der Waals surface area contributed by atoms with Crippen LogP contribution in [0.5, 0.6) is 0 Å². The Bertz CT molecular complexity index is 262. The third kappa shape index (κ3) is 2.83. The van der Waals surface area contributed by atoms with Gasteiger partial charge in [-0.3, -0.25) is 4.79 Å². The molecular weight excluding hydrogens is 212 g/mol. The topological polar surface area (TPSA) is 37.3 Å². The van der Waals surface area contributed by atoms with Gasteiger partial charge in [-0.2, -0.15) is 0 Å². The molecule has 2 aliphatic carbocycles. The van der Waals surface area contributed by atoms with Crippen LogP contribution in [0.2, 0.25) is 0 Å². The first-order valence-electron chi connectivity index (χ1n) is 7.46. The van der Waals surface area contributed by atoms with E-state index in [0.717, 1.165) is 18.8 Å². The fourth-order valence-electron chi connectivity index (χ4n) is 4.20. The summed E-state index contributed by atoms with van der Waals surface area (Å²) in [6, 6.07) is 0. The summed E-state index contributed by atoms with van der Waals surface area (Å²) in [6.45, 7) is 2.20. The second kappa shape index (κ2) is 5.88. The van der Waals surface area contributed by atoms with E-state index in [2.05, 4.69) is 6.92 Å². The molecule has 17 heavy (non-hydrogen) atoms. The molecule has 0 heterocycles. The first-order valence-corrected chi connectivity index (χ1v) is 7.46. The maximum Gasteiger partial charge on any atom is 0.307 e. The number of aliphatic carboxylic acids is 1. The van der Waals surface area contributed by atoms with E-state index >= 15 is 0 Å². The summed E-state index contributed by atoms with van der Waals surface area (Å²) in [7, 11) is 0. The predicted octanol–water partition coefficient (Wildman–Crippen LogP) is 4.09. The number of carboxylic acid groups (broad SMARTS) is 1.